The van der Waals surface area contributed by atoms with Crippen molar-refractivity contribution in [3.8, 4) is 0 Å². The van der Waals surface area contributed by atoms with Crippen LogP contribution in [0.4, 0.5) is 8.78 Å². The fraction of sp³-hybridized carbons (Fsp3) is 0.500. The average Bonchev–Trinajstić information content (AvgIpc) is 2.46. The molecule has 1 amide bonds. The van der Waals surface area contributed by atoms with Gasteiger partial charge in [0.05, 0.1) is 5.75 Å². The molecule has 1 heterocycles. The molecule has 1 aromatic rings. The average molecular weight is 332 g/mol. The van der Waals surface area contributed by atoms with E-state index in [-0.39, 0.29) is 23.8 Å². The fourth-order valence-corrected chi connectivity index (χ4v) is 3.18. The molecule has 0 aliphatic carbocycles. The lowest BCUT2D eigenvalue weighted by atomic mass is 10.0. The van der Waals surface area contributed by atoms with Crippen LogP contribution in [0.25, 0.3) is 0 Å². The van der Waals surface area contributed by atoms with E-state index in [1.807, 2.05) is 0 Å². The highest BCUT2D eigenvalue weighted by Gasteiger charge is 2.31. The second kappa shape index (κ2) is 6.70. The minimum atomic E-state index is -3.48. The van der Waals surface area contributed by atoms with E-state index < -0.39 is 27.7 Å². The maximum Gasteiger partial charge on any atom is 0.241 e. The molecule has 1 aliphatic rings. The van der Waals surface area contributed by atoms with Crippen molar-refractivity contribution in [2.24, 2.45) is 0 Å². The first-order valence-corrected chi connectivity index (χ1v) is 8.70. The van der Waals surface area contributed by atoms with Crippen molar-refractivity contribution in [1.29, 1.82) is 0 Å². The number of piperidine rings is 1. The molecule has 0 spiro atoms. The van der Waals surface area contributed by atoms with Crippen molar-refractivity contribution in [2.45, 2.75) is 32.4 Å². The van der Waals surface area contributed by atoms with Gasteiger partial charge in [-0.25, -0.2) is 21.9 Å². The molecule has 5 nitrogen and oxygen atoms in total. The maximum atomic E-state index is 13.7. The van der Waals surface area contributed by atoms with Gasteiger partial charge in [-0.1, -0.05) is 6.07 Å². The lowest BCUT2D eigenvalue weighted by Gasteiger charge is -2.32. The monoisotopic (exact) mass is 332 g/mol. The highest BCUT2D eigenvalue weighted by atomic mass is 32.2. The number of hydrogen-bond donors (Lipinski definition) is 1. The molecule has 2 rings (SSSR count). The first-order chi connectivity index (χ1) is 10.3. The molecule has 1 saturated heterocycles. The van der Waals surface area contributed by atoms with Gasteiger partial charge in [0.2, 0.25) is 15.9 Å². The molecule has 1 aromatic carbocycles. The second-order valence-corrected chi connectivity index (χ2v) is 7.25. The molecular formula is C14H18F2N2O3S. The van der Waals surface area contributed by atoms with Gasteiger partial charge in [-0.15, -0.1) is 0 Å². The lowest BCUT2D eigenvalue weighted by Crippen LogP contribution is -2.52. The third-order valence-electron chi connectivity index (χ3n) is 3.61. The Balaban J connectivity index is 2.10. The van der Waals surface area contributed by atoms with E-state index >= 15 is 0 Å². The third-order valence-corrected chi connectivity index (χ3v) is 5.01. The zero-order valence-corrected chi connectivity index (χ0v) is 13.0. The Bertz CT molecular complexity index is 664. The number of carbonyl (C=O) groups excluding carboxylic acids is 1. The number of hydrogen-bond acceptors (Lipinski definition) is 3. The van der Waals surface area contributed by atoms with Gasteiger partial charge in [0.15, 0.2) is 0 Å². The third kappa shape index (κ3) is 4.01. The van der Waals surface area contributed by atoms with Crippen LogP contribution in [0.5, 0.6) is 0 Å². The van der Waals surface area contributed by atoms with Gasteiger partial charge in [0.25, 0.3) is 0 Å². The summed E-state index contributed by atoms with van der Waals surface area (Å²) in [6, 6.07) is 2.37. The largest absolute Gasteiger partial charge is 0.337 e. The summed E-state index contributed by atoms with van der Waals surface area (Å²) in [7, 11) is -3.48. The Hall–Kier alpha value is -1.54. The number of nitrogens with zero attached hydrogens (tertiary/aromatic N) is 1. The Morgan fingerprint density at radius 2 is 2.09 bits per heavy atom. The number of carbonyl (C=O) groups is 1. The minimum Gasteiger partial charge on any atom is -0.337 e. The topological polar surface area (TPSA) is 66.5 Å². The summed E-state index contributed by atoms with van der Waals surface area (Å²) in [6.07, 6.45) is 1.03. The van der Waals surface area contributed by atoms with Gasteiger partial charge in [-0.3, -0.25) is 4.79 Å². The molecule has 22 heavy (non-hydrogen) atoms. The molecule has 0 saturated carbocycles. The number of nitrogens with one attached hydrogen (secondary N) is 1. The molecule has 8 heteroatoms. The molecular weight excluding hydrogens is 314 g/mol. The van der Waals surface area contributed by atoms with E-state index in [9.17, 15) is 22.0 Å². The number of sulfonamides is 1. The van der Waals surface area contributed by atoms with Gasteiger partial charge in [-0.05, 0) is 25.8 Å². The van der Waals surface area contributed by atoms with Crippen molar-refractivity contribution < 1.29 is 22.0 Å². The van der Waals surface area contributed by atoms with Crippen LogP contribution in [0, 0.1) is 11.6 Å². The zero-order valence-electron chi connectivity index (χ0n) is 12.2. The van der Waals surface area contributed by atoms with Crippen molar-refractivity contribution in [3.63, 3.8) is 0 Å². The summed E-state index contributed by atoms with van der Waals surface area (Å²) in [6.45, 7) is 1.90. The van der Waals surface area contributed by atoms with E-state index in [4.69, 9.17) is 0 Å². The molecule has 1 fully saturated rings. The van der Waals surface area contributed by atoms with Crippen LogP contribution >= 0.6 is 0 Å². The van der Waals surface area contributed by atoms with Gasteiger partial charge < -0.3 is 4.90 Å². The van der Waals surface area contributed by atoms with Crippen molar-refractivity contribution in [1.82, 2.24) is 9.62 Å². The van der Waals surface area contributed by atoms with E-state index in [1.165, 1.54) is 17.9 Å². The number of likely N-dealkylation sites (tertiary alicyclic amines) is 1. The van der Waals surface area contributed by atoms with Crippen LogP contribution in [0.3, 0.4) is 0 Å². The number of benzene rings is 1. The Morgan fingerprint density at radius 3 is 2.73 bits per heavy atom. The standard InChI is InChI=1S/C14H18F2N2O3S/c1-2-22(20,21)17-13-4-3-7-18(14(13)19)9-10-5-6-11(15)8-12(10)16/h5-6,8,13,17H,2-4,7,9H2,1H3. The summed E-state index contributed by atoms with van der Waals surface area (Å²) < 4.78 is 52.1. The Labute approximate surface area is 128 Å². The van der Waals surface area contributed by atoms with E-state index in [0.717, 1.165) is 12.1 Å². The van der Waals surface area contributed by atoms with Crippen LogP contribution in [-0.4, -0.2) is 37.6 Å². The predicted octanol–water partition coefficient (Wildman–Crippen LogP) is 1.40. The van der Waals surface area contributed by atoms with Crippen molar-refractivity contribution in [3.05, 3.63) is 35.4 Å². The second-order valence-electron chi connectivity index (χ2n) is 5.21. The van der Waals surface area contributed by atoms with Crippen LogP contribution < -0.4 is 4.72 Å². The SMILES string of the molecule is CCS(=O)(=O)NC1CCCN(Cc2ccc(F)cc2F)C1=O. The molecule has 1 atom stereocenters. The Kier molecular flexibility index (Phi) is 5.12. The summed E-state index contributed by atoms with van der Waals surface area (Å²) in [5, 5.41) is 0. The Morgan fingerprint density at radius 1 is 1.36 bits per heavy atom. The molecule has 0 radical (unpaired) electrons. The highest BCUT2D eigenvalue weighted by molar-refractivity contribution is 7.89. The molecule has 1 N–H and O–H groups in total. The quantitative estimate of drug-likeness (QED) is 0.886. The van der Waals surface area contributed by atoms with Crippen LogP contribution in [0.1, 0.15) is 25.3 Å². The maximum absolute atomic E-state index is 13.7. The van der Waals surface area contributed by atoms with Crippen molar-refractivity contribution in [2.75, 3.05) is 12.3 Å². The molecule has 1 aliphatic heterocycles. The summed E-state index contributed by atoms with van der Waals surface area (Å²) in [4.78, 5) is 13.7. The fourth-order valence-electron chi connectivity index (χ4n) is 2.36. The first kappa shape index (κ1) is 16.8. The summed E-state index contributed by atoms with van der Waals surface area (Å²) in [5.41, 5.74) is 0.203. The highest BCUT2D eigenvalue weighted by Crippen LogP contribution is 2.18. The first-order valence-electron chi connectivity index (χ1n) is 7.05. The zero-order chi connectivity index (χ0) is 16.3. The predicted molar refractivity (Wildman–Crippen MR) is 77.4 cm³/mol. The summed E-state index contributed by atoms with van der Waals surface area (Å²) >= 11 is 0. The van der Waals surface area contributed by atoms with E-state index in [1.54, 1.807) is 0 Å². The minimum absolute atomic E-state index is 0.00466. The van der Waals surface area contributed by atoms with Crippen molar-refractivity contribution >= 4 is 15.9 Å². The number of halogens is 2. The molecule has 0 bridgehead atoms. The molecule has 1 unspecified atom stereocenters. The number of rotatable bonds is 5. The van der Waals surface area contributed by atoms with Crippen LogP contribution in [-0.2, 0) is 21.4 Å². The molecule has 0 aromatic heterocycles. The van der Waals surface area contributed by atoms with E-state index in [0.29, 0.717) is 19.4 Å². The van der Waals surface area contributed by atoms with Crippen LogP contribution in [0.2, 0.25) is 0 Å². The number of amides is 1. The smallest absolute Gasteiger partial charge is 0.241 e. The lowest BCUT2D eigenvalue weighted by molar-refractivity contribution is -0.136. The van der Waals surface area contributed by atoms with Gasteiger partial charge in [0.1, 0.15) is 17.7 Å². The van der Waals surface area contributed by atoms with Gasteiger partial charge >= 0.3 is 0 Å². The van der Waals surface area contributed by atoms with E-state index in [2.05, 4.69) is 4.72 Å². The van der Waals surface area contributed by atoms with Crippen LogP contribution in [0.15, 0.2) is 18.2 Å². The van der Waals surface area contributed by atoms with Gasteiger partial charge in [0, 0.05) is 24.7 Å². The normalized spacial score (nSPS) is 19.5. The summed E-state index contributed by atoms with van der Waals surface area (Å²) in [5.74, 6) is -1.89. The van der Waals surface area contributed by atoms with Gasteiger partial charge in [-0.2, -0.15) is 0 Å². The molecule has 122 valence electrons.